The molecular formula is C17H18ClN3O2S. The van der Waals surface area contributed by atoms with Crippen molar-refractivity contribution >= 4 is 33.0 Å². The van der Waals surface area contributed by atoms with Crippen molar-refractivity contribution in [3.05, 3.63) is 47.2 Å². The molecular weight excluding hydrogens is 346 g/mol. The van der Waals surface area contributed by atoms with Crippen molar-refractivity contribution in [3.63, 3.8) is 0 Å². The van der Waals surface area contributed by atoms with Crippen LogP contribution < -0.4 is 9.21 Å². The zero-order valence-electron chi connectivity index (χ0n) is 13.3. The molecule has 2 aliphatic rings. The highest BCUT2D eigenvalue weighted by atomic mass is 35.5. The summed E-state index contributed by atoms with van der Waals surface area (Å²) in [6.45, 7) is 3.17. The van der Waals surface area contributed by atoms with Crippen molar-refractivity contribution in [2.75, 3.05) is 22.3 Å². The summed E-state index contributed by atoms with van der Waals surface area (Å²) >= 11 is 5.93. The maximum atomic E-state index is 13.1. The van der Waals surface area contributed by atoms with Gasteiger partial charge in [-0.25, -0.2) is 8.42 Å². The van der Waals surface area contributed by atoms with Crippen LogP contribution >= 0.6 is 11.6 Å². The van der Waals surface area contributed by atoms with Crippen LogP contribution in [0.1, 0.15) is 18.4 Å². The third-order valence-electron chi connectivity index (χ3n) is 4.57. The molecule has 5 nitrogen and oxygen atoms in total. The normalized spacial score (nSPS) is 17.8. The van der Waals surface area contributed by atoms with E-state index in [1.54, 1.807) is 0 Å². The van der Waals surface area contributed by atoms with E-state index in [2.05, 4.69) is 9.88 Å². The number of pyridine rings is 1. The Kier molecular flexibility index (Phi) is 3.69. The van der Waals surface area contributed by atoms with E-state index in [9.17, 15) is 8.42 Å². The molecule has 0 amide bonds. The van der Waals surface area contributed by atoms with Gasteiger partial charge in [0.05, 0.1) is 22.9 Å². The van der Waals surface area contributed by atoms with E-state index in [1.165, 1.54) is 35.6 Å². The molecule has 7 heteroatoms. The fourth-order valence-electron chi connectivity index (χ4n) is 3.31. The Morgan fingerprint density at radius 1 is 1.21 bits per heavy atom. The Balaban J connectivity index is 1.82. The predicted molar refractivity (Wildman–Crippen MR) is 95.3 cm³/mol. The van der Waals surface area contributed by atoms with E-state index >= 15 is 0 Å². The third-order valence-corrected chi connectivity index (χ3v) is 6.56. The highest BCUT2D eigenvalue weighted by molar-refractivity contribution is 7.92. The maximum absolute atomic E-state index is 13.1. The number of para-hydroxylation sites is 1. The van der Waals surface area contributed by atoms with Gasteiger partial charge in [-0.15, -0.1) is 0 Å². The number of nitrogens with zero attached hydrogens (tertiary/aromatic N) is 3. The van der Waals surface area contributed by atoms with Gasteiger partial charge < -0.3 is 4.90 Å². The summed E-state index contributed by atoms with van der Waals surface area (Å²) in [6, 6.07) is 7.82. The summed E-state index contributed by atoms with van der Waals surface area (Å²) in [5, 5.41) is 0.317. The second-order valence-electron chi connectivity index (χ2n) is 6.28. The van der Waals surface area contributed by atoms with E-state index in [-0.39, 0.29) is 4.90 Å². The SMILES string of the molecule is Cc1cccc2c1N(C1CC1)CCN2S(=O)(=O)c1cncc(Cl)c1. The maximum Gasteiger partial charge on any atom is 0.266 e. The van der Waals surface area contributed by atoms with Gasteiger partial charge in [0.2, 0.25) is 0 Å². The van der Waals surface area contributed by atoms with Crippen LogP contribution in [0.3, 0.4) is 0 Å². The van der Waals surface area contributed by atoms with E-state index in [0.29, 0.717) is 24.2 Å². The molecule has 2 heterocycles. The molecule has 2 aromatic rings. The number of halogens is 1. The Bertz CT molecular complexity index is 896. The van der Waals surface area contributed by atoms with Crippen LogP contribution in [-0.2, 0) is 10.0 Å². The minimum absolute atomic E-state index is 0.127. The molecule has 0 radical (unpaired) electrons. The van der Waals surface area contributed by atoms with E-state index in [1.807, 2.05) is 25.1 Å². The summed E-state index contributed by atoms with van der Waals surface area (Å²) in [5.74, 6) is 0. The summed E-state index contributed by atoms with van der Waals surface area (Å²) < 4.78 is 27.7. The lowest BCUT2D eigenvalue weighted by Gasteiger charge is -2.39. The third kappa shape index (κ3) is 2.54. The van der Waals surface area contributed by atoms with Crippen molar-refractivity contribution < 1.29 is 8.42 Å². The number of hydrogen-bond acceptors (Lipinski definition) is 4. The summed E-state index contributed by atoms with van der Waals surface area (Å²) in [5.41, 5.74) is 2.88. The van der Waals surface area contributed by atoms with Gasteiger partial charge >= 0.3 is 0 Å². The Hall–Kier alpha value is -1.79. The molecule has 1 saturated carbocycles. The van der Waals surface area contributed by atoms with Gasteiger partial charge in [-0.2, -0.15) is 0 Å². The van der Waals surface area contributed by atoms with Crippen LogP contribution in [0, 0.1) is 6.92 Å². The lowest BCUT2D eigenvalue weighted by Crippen LogP contribution is -2.45. The minimum Gasteiger partial charge on any atom is -0.365 e. The lowest BCUT2D eigenvalue weighted by atomic mass is 10.1. The molecule has 1 aliphatic heterocycles. The second kappa shape index (κ2) is 5.63. The quantitative estimate of drug-likeness (QED) is 0.840. The largest absolute Gasteiger partial charge is 0.365 e. The van der Waals surface area contributed by atoms with Crippen molar-refractivity contribution in [2.24, 2.45) is 0 Å². The van der Waals surface area contributed by atoms with E-state index < -0.39 is 10.0 Å². The van der Waals surface area contributed by atoms with Crippen LogP contribution in [0.2, 0.25) is 5.02 Å². The number of sulfonamides is 1. The lowest BCUT2D eigenvalue weighted by molar-refractivity contribution is 0.587. The molecule has 0 unspecified atom stereocenters. The van der Waals surface area contributed by atoms with Gasteiger partial charge in [-0.1, -0.05) is 23.7 Å². The highest BCUT2D eigenvalue weighted by Crippen LogP contribution is 2.43. The van der Waals surface area contributed by atoms with Crippen LogP contribution in [0.4, 0.5) is 11.4 Å². The summed E-state index contributed by atoms with van der Waals surface area (Å²) in [6.07, 6.45) is 5.14. The van der Waals surface area contributed by atoms with Crippen molar-refractivity contribution in [2.45, 2.75) is 30.7 Å². The van der Waals surface area contributed by atoms with Crippen LogP contribution in [-0.4, -0.2) is 32.5 Å². The second-order valence-corrected chi connectivity index (χ2v) is 8.58. The van der Waals surface area contributed by atoms with Crippen molar-refractivity contribution in [1.29, 1.82) is 0 Å². The zero-order chi connectivity index (χ0) is 16.9. The number of aromatic nitrogens is 1. The molecule has 0 saturated heterocycles. The summed E-state index contributed by atoms with van der Waals surface area (Å²) in [7, 11) is -3.68. The van der Waals surface area contributed by atoms with Crippen LogP contribution in [0.15, 0.2) is 41.6 Å². The van der Waals surface area contributed by atoms with Gasteiger partial charge in [0.25, 0.3) is 10.0 Å². The molecule has 126 valence electrons. The first-order valence-electron chi connectivity index (χ1n) is 7.98. The highest BCUT2D eigenvalue weighted by Gasteiger charge is 2.38. The number of aryl methyl sites for hydroxylation is 1. The molecule has 0 bridgehead atoms. The number of rotatable bonds is 3. The first kappa shape index (κ1) is 15.7. The Morgan fingerprint density at radius 2 is 2.00 bits per heavy atom. The Morgan fingerprint density at radius 3 is 2.71 bits per heavy atom. The Labute approximate surface area is 146 Å². The van der Waals surface area contributed by atoms with Gasteiger partial charge in [0.15, 0.2) is 0 Å². The van der Waals surface area contributed by atoms with Crippen LogP contribution in [0.5, 0.6) is 0 Å². The molecule has 1 aromatic carbocycles. The topological polar surface area (TPSA) is 53.5 Å². The van der Waals surface area contributed by atoms with E-state index in [4.69, 9.17) is 11.6 Å². The van der Waals surface area contributed by atoms with Crippen molar-refractivity contribution in [3.8, 4) is 0 Å². The number of hydrogen-bond donors (Lipinski definition) is 0. The molecule has 0 N–H and O–H groups in total. The van der Waals surface area contributed by atoms with Crippen molar-refractivity contribution in [1.82, 2.24) is 4.98 Å². The zero-order valence-corrected chi connectivity index (χ0v) is 14.9. The molecule has 1 aromatic heterocycles. The van der Waals surface area contributed by atoms with E-state index in [0.717, 1.165) is 16.9 Å². The standard InChI is InChI=1S/C17H18ClN3O2S/c1-12-3-2-4-16-17(12)20(14-5-6-14)7-8-21(16)24(22,23)15-9-13(18)10-19-11-15/h2-4,9-11,14H,5-8H2,1H3. The first-order chi connectivity index (χ1) is 11.5. The molecule has 24 heavy (non-hydrogen) atoms. The summed E-state index contributed by atoms with van der Waals surface area (Å²) in [4.78, 5) is 6.41. The fourth-order valence-corrected chi connectivity index (χ4v) is 5.00. The molecule has 0 spiro atoms. The predicted octanol–water partition coefficient (Wildman–Crippen LogP) is 3.22. The minimum atomic E-state index is -3.68. The molecule has 4 rings (SSSR count). The average Bonchev–Trinajstić information content (AvgIpc) is 3.39. The molecule has 1 aliphatic carbocycles. The number of benzene rings is 1. The fraction of sp³-hybridized carbons (Fsp3) is 0.353. The smallest absolute Gasteiger partial charge is 0.266 e. The van der Waals surface area contributed by atoms with Gasteiger partial charge in [-0.3, -0.25) is 9.29 Å². The van der Waals surface area contributed by atoms with Gasteiger partial charge in [0, 0.05) is 25.0 Å². The van der Waals surface area contributed by atoms with Gasteiger partial charge in [-0.05, 0) is 37.5 Å². The van der Waals surface area contributed by atoms with Gasteiger partial charge in [0.1, 0.15) is 4.90 Å². The first-order valence-corrected chi connectivity index (χ1v) is 9.80. The van der Waals surface area contributed by atoms with Crippen LogP contribution in [0.25, 0.3) is 0 Å². The average molecular weight is 364 g/mol. The number of fused-ring (bicyclic) bond motifs is 1. The number of anilines is 2. The monoisotopic (exact) mass is 363 g/mol. The molecule has 0 atom stereocenters. The molecule has 1 fully saturated rings.